The second-order valence-electron chi connectivity index (χ2n) is 9.96. The Morgan fingerprint density at radius 3 is 2.30 bits per heavy atom. The predicted molar refractivity (Wildman–Crippen MR) is 144 cm³/mol. The van der Waals surface area contributed by atoms with Crippen molar-refractivity contribution in [2.45, 2.75) is 78.3 Å². The number of rotatable bonds is 13. The first-order valence-electron chi connectivity index (χ1n) is 13.1. The number of benzene rings is 1. The summed E-state index contributed by atoms with van der Waals surface area (Å²) in [6.07, 6.45) is 5.31. The van der Waals surface area contributed by atoms with Crippen LogP contribution in [-0.4, -0.2) is 69.5 Å². The summed E-state index contributed by atoms with van der Waals surface area (Å²) in [5.74, 6) is -2.87. The molecule has 1 aromatic carbocycles. The van der Waals surface area contributed by atoms with E-state index in [1.165, 1.54) is 4.90 Å². The molecule has 206 valence electrons. The minimum absolute atomic E-state index is 0.0371. The molecule has 0 radical (unpaired) electrons. The summed E-state index contributed by atoms with van der Waals surface area (Å²) in [6.45, 7) is 7.16. The van der Waals surface area contributed by atoms with E-state index in [4.69, 9.17) is 4.74 Å². The van der Waals surface area contributed by atoms with Crippen molar-refractivity contribution in [1.82, 2.24) is 10.2 Å². The fourth-order valence-electron chi connectivity index (χ4n) is 4.34. The highest BCUT2D eigenvalue weighted by Gasteiger charge is 2.34. The molecule has 0 aromatic heterocycles. The van der Waals surface area contributed by atoms with E-state index < -0.39 is 46.9 Å². The topological polar surface area (TPSA) is 122 Å². The van der Waals surface area contributed by atoms with Crippen molar-refractivity contribution in [3.8, 4) is 0 Å². The van der Waals surface area contributed by atoms with Gasteiger partial charge in [-0.2, -0.15) is 0 Å². The van der Waals surface area contributed by atoms with Crippen molar-refractivity contribution >= 4 is 40.2 Å². The number of aryl methyl sites for hydroxylation is 1. The van der Waals surface area contributed by atoms with Crippen LogP contribution in [0.3, 0.4) is 0 Å². The predicted octanol–water partition coefficient (Wildman–Crippen LogP) is 2.94. The van der Waals surface area contributed by atoms with Crippen LogP contribution in [0, 0.1) is 12.8 Å². The summed E-state index contributed by atoms with van der Waals surface area (Å²) >= 11 is 0. The van der Waals surface area contributed by atoms with E-state index in [0.29, 0.717) is 12.1 Å². The van der Waals surface area contributed by atoms with Crippen LogP contribution >= 0.6 is 0 Å². The van der Waals surface area contributed by atoms with E-state index in [9.17, 15) is 23.4 Å². The van der Waals surface area contributed by atoms with Crippen LogP contribution in [0.5, 0.6) is 0 Å². The zero-order chi connectivity index (χ0) is 27.4. The van der Waals surface area contributed by atoms with Crippen LogP contribution in [-0.2, 0) is 34.7 Å². The van der Waals surface area contributed by atoms with Gasteiger partial charge in [0.2, 0.25) is 17.7 Å². The monoisotopic (exact) mass is 535 g/mol. The van der Waals surface area contributed by atoms with Crippen LogP contribution in [0.2, 0.25) is 0 Å². The maximum atomic E-state index is 13.3. The van der Waals surface area contributed by atoms with Gasteiger partial charge in [-0.15, -0.1) is 0 Å². The highest BCUT2D eigenvalue weighted by Crippen LogP contribution is 2.19. The van der Waals surface area contributed by atoms with Gasteiger partial charge in [-0.25, -0.2) is 0 Å². The molecule has 2 rings (SSSR count). The van der Waals surface area contributed by atoms with Gasteiger partial charge in [-0.3, -0.25) is 23.4 Å². The van der Waals surface area contributed by atoms with E-state index in [0.717, 1.165) is 37.7 Å². The Bertz CT molecular complexity index is 944. The highest BCUT2D eigenvalue weighted by molar-refractivity contribution is 7.86. The SMILES string of the molecule is CCOC(=O)CN(C(=O)CS(=O)CC(=O)Nc1ccc(C)cc1)C(CC(C)C)C(=O)NC1CCCCC1. The summed E-state index contributed by atoms with van der Waals surface area (Å²) in [5, 5.41) is 5.73. The summed E-state index contributed by atoms with van der Waals surface area (Å²) in [5.41, 5.74) is 1.61. The number of esters is 1. The third-order valence-electron chi connectivity index (χ3n) is 6.16. The fourth-order valence-corrected chi connectivity index (χ4v) is 5.24. The van der Waals surface area contributed by atoms with Gasteiger partial charge in [0, 0.05) is 22.5 Å². The Morgan fingerprint density at radius 2 is 1.70 bits per heavy atom. The molecule has 0 bridgehead atoms. The molecule has 1 fully saturated rings. The molecule has 3 amide bonds. The largest absolute Gasteiger partial charge is 0.465 e. The number of hydrogen-bond donors (Lipinski definition) is 2. The summed E-state index contributed by atoms with van der Waals surface area (Å²) in [4.78, 5) is 52.5. The second kappa shape index (κ2) is 15.5. The highest BCUT2D eigenvalue weighted by atomic mass is 32.2. The average molecular weight is 536 g/mol. The number of anilines is 1. The van der Waals surface area contributed by atoms with Crippen molar-refractivity contribution in [3.63, 3.8) is 0 Å². The minimum atomic E-state index is -1.83. The second-order valence-corrected chi connectivity index (χ2v) is 11.4. The first kappa shape index (κ1) is 30.5. The number of carbonyl (C=O) groups excluding carboxylic acids is 4. The molecule has 2 unspecified atom stereocenters. The fraction of sp³-hybridized carbons (Fsp3) is 0.630. The number of hydrogen-bond acceptors (Lipinski definition) is 6. The lowest BCUT2D eigenvalue weighted by Gasteiger charge is -2.33. The Morgan fingerprint density at radius 1 is 1.05 bits per heavy atom. The van der Waals surface area contributed by atoms with Gasteiger partial charge >= 0.3 is 5.97 Å². The van der Waals surface area contributed by atoms with Crippen LogP contribution < -0.4 is 10.6 Å². The molecule has 0 spiro atoms. The molecular weight excluding hydrogens is 494 g/mol. The lowest BCUT2D eigenvalue weighted by Crippen LogP contribution is -2.55. The molecule has 9 nitrogen and oxygen atoms in total. The lowest BCUT2D eigenvalue weighted by atomic mass is 9.94. The first-order valence-corrected chi connectivity index (χ1v) is 14.5. The number of nitrogens with one attached hydrogen (secondary N) is 2. The van der Waals surface area contributed by atoms with E-state index in [2.05, 4.69) is 10.6 Å². The normalized spacial score (nSPS) is 15.5. The quantitative estimate of drug-likeness (QED) is 0.375. The molecule has 1 aromatic rings. The third-order valence-corrected chi connectivity index (χ3v) is 7.32. The van der Waals surface area contributed by atoms with Gasteiger partial charge < -0.3 is 20.3 Å². The number of ether oxygens (including phenoxy) is 1. The smallest absolute Gasteiger partial charge is 0.325 e. The maximum absolute atomic E-state index is 13.3. The van der Waals surface area contributed by atoms with Crippen molar-refractivity contribution < 1.29 is 28.1 Å². The molecule has 0 saturated heterocycles. The third kappa shape index (κ3) is 11.0. The number of carbonyl (C=O) groups is 4. The number of amides is 3. The van der Waals surface area contributed by atoms with Crippen molar-refractivity contribution in [3.05, 3.63) is 29.8 Å². The molecule has 0 aliphatic heterocycles. The lowest BCUT2D eigenvalue weighted by molar-refractivity contribution is -0.151. The van der Waals surface area contributed by atoms with Crippen molar-refractivity contribution in [2.75, 3.05) is 30.0 Å². The van der Waals surface area contributed by atoms with E-state index in [1.807, 2.05) is 32.9 Å². The van der Waals surface area contributed by atoms with Gasteiger partial charge in [0.15, 0.2) is 0 Å². The van der Waals surface area contributed by atoms with Gasteiger partial charge in [0.05, 0.1) is 6.61 Å². The zero-order valence-electron chi connectivity index (χ0n) is 22.4. The Balaban J connectivity index is 2.12. The average Bonchev–Trinajstić information content (AvgIpc) is 2.83. The van der Waals surface area contributed by atoms with E-state index in [1.54, 1.807) is 19.1 Å². The molecule has 1 aliphatic carbocycles. The van der Waals surface area contributed by atoms with Crippen molar-refractivity contribution in [2.24, 2.45) is 5.92 Å². The summed E-state index contributed by atoms with van der Waals surface area (Å²) in [7, 11) is -1.83. The van der Waals surface area contributed by atoms with Crippen LogP contribution in [0.15, 0.2) is 24.3 Å². The summed E-state index contributed by atoms with van der Waals surface area (Å²) in [6, 6.07) is 6.30. The van der Waals surface area contributed by atoms with Crippen LogP contribution in [0.1, 0.15) is 64.9 Å². The standard InChI is InChI=1S/C27H41N3O6S/c1-5-36-26(33)16-30(23(15-19(2)3)27(34)29-21-9-7-6-8-10-21)25(32)18-37(35)17-24(31)28-22-13-11-20(4)12-14-22/h11-14,19,21,23H,5-10,15-18H2,1-4H3,(H,28,31)(H,29,34). The molecule has 1 aliphatic rings. The van der Waals surface area contributed by atoms with Gasteiger partial charge in [0.1, 0.15) is 24.1 Å². The molecular formula is C27H41N3O6S. The van der Waals surface area contributed by atoms with E-state index in [-0.39, 0.29) is 30.2 Å². The maximum Gasteiger partial charge on any atom is 0.325 e. The van der Waals surface area contributed by atoms with Crippen LogP contribution in [0.25, 0.3) is 0 Å². The minimum Gasteiger partial charge on any atom is -0.465 e. The molecule has 2 N–H and O–H groups in total. The molecule has 0 heterocycles. The Hall–Kier alpha value is -2.75. The Labute approximate surface area is 222 Å². The summed E-state index contributed by atoms with van der Waals surface area (Å²) < 4.78 is 17.8. The van der Waals surface area contributed by atoms with Gasteiger partial charge in [0.25, 0.3) is 0 Å². The van der Waals surface area contributed by atoms with Crippen LogP contribution in [0.4, 0.5) is 5.69 Å². The Kier molecular flexibility index (Phi) is 12.8. The zero-order valence-corrected chi connectivity index (χ0v) is 23.2. The van der Waals surface area contributed by atoms with Crippen molar-refractivity contribution in [1.29, 1.82) is 0 Å². The van der Waals surface area contributed by atoms with Gasteiger partial charge in [-0.1, -0.05) is 50.8 Å². The molecule has 1 saturated carbocycles. The molecule has 10 heteroatoms. The number of nitrogens with zero attached hydrogens (tertiary/aromatic N) is 1. The molecule has 2 atom stereocenters. The van der Waals surface area contributed by atoms with E-state index >= 15 is 0 Å². The van der Waals surface area contributed by atoms with Gasteiger partial charge in [-0.05, 0) is 51.2 Å². The molecule has 37 heavy (non-hydrogen) atoms. The first-order chi connectivity index (χ1) is 17.6.